The molecular formula is C10H20O3. The van der Waals surface area contributed by atoms with Crippen LogP contribution in [-0.2, 0) is 14.3 Å². The average molecular weight is 188 g/mol. The van der Waals surface area contributed by atoms with E-state index in [1.54, 1.807) is 0 Å². The topological polar surface area (TPSA) is 35.5 Å². The van der Waals surface area contributed by atoms with Crippen LogP contribution in [0.4, 0.5) is 0 Å². The molecule has 1 fully saturated rings. The summed E-state index contributed by atoms with van der Waals surface area (Å²) in [5, 5.41) is 0. The molecule has 0 aromatic heterocycles. The summed E-state index contributed by atoms with van der Waals surface area (Å²) in [6.45, 7) is 4.30. The molecule has 3 heteroatoms. The summed E-state index contributed by atoms with van der Waals surface area (Å²) in [6, 6.07) is 0. The second-order valence-electron chi connectivity index (χ2n) is 3.31. The first kappa shape index (κ1) is 12.4. The molecule has 0 atom stereocenters. The van der Waals surface area contributed by atoms with Gasteiger partial charge in [0.2, 0.25) is 0 Å². The fraction of sp³-hybridized carbons (Fsp3) is 0.900. The van der Waals surface area contributed by atoms with Crippen molar-refractivity contribution in [2.75, 3.05) is 13.7 Å². The van der Waals surface area contributed by atoms with Gasteiger partial charge in [-0.05, 0) is 13.8 Å². The Hall–Kier alpha value is -0.570. The van der Waals surface area contributed by atoms with Crippen LogP contribution in [-0.4, -0.2) is 25.8 Å². The number of hydrogen-bond acceptors (Lipinski definition) is 3. The lowest BCUT2D eigenvalue weighted by Crippen LogP contribution is -2.09. The van der Waals surface area contributed by atoms with Crippen molar-refractivity contribution in [2.45, 2.75) is 45.6 Å². The molecule has 1 saturated carbocycles. The molecule has 0 amide bonds. The van der Waals surface area contributed by atoms with Crippen LogP contribution >= 0.6 is 0 Å². The van der Waals surface area contributed by atoms with Crippen LogP contribution in [0.25, 0.3) is 0 Å². The van der Waals surface area contributed by atoms with Crippen LogP contribution in [0.2, 0.25) is 0 Å². The minimum atomic E-state index is -0.222. The standard InChI is InChI=1S/C7H14O3.C3H6/c1-6(2)10-5-4-7(8)9-3;1-2-3-1/h6H,4-5H2,1-3H3;1-3H2. The van der Waals surface area contributed by atoms with Crippen molar-refractivity contribution >= 4 is 5.97 Å². The van der Waals surface area contributed by atoms with Gasteiger partial charge in [0.25, 0.3) is 0 Å². The molecular weight excluding hydrogens is 168 g/mol. The summed E-state index contributed by atoms with van der Waals surface area (Å²) < 4.78 is 9.53. The van der Waals surface area contributed by atoms with Gasteiger partial charge in [-0.15, -0.1) is 0 Å². The lowest BCUT2D eigenvalue weighted by molar-refractivity contribution is -0.142. The predicted molar refractivity (Wildman–Crippen MR) is 51.6 cm³/mol. The Labute approximate surface area is 80.4 Å². The molecule has 1 aliphatic rings. The monoisotopic (exact) mass is 188 g/mol. The average Bonchev–Trinajstić information content (AvgIpc) is 2.89. The van der Waals surface area contributed by atoms with Crippen molar-refractivity contribution in [1.29, 1.82) is 0 Å². The first-order chi connectivity index (χ1) is 6.16. The smallest absolute Gasteiger partial charge is 0.307 e. The maximum atomic E-state index is 10.5. The Bertz CT molecular complexity index is 127. The Balaban J connectivity index is 0.000000396. The second-order valence-corrected chi connectivity index (χ2v) is 3.31. The maximum absolute atomic E-state index is 10.5. The van der Waals surface area contributed by atoms with Crippen molar-refractivity contribution in [2.24, 2.45) is 0 Å². The molecule has 0 saturated heterocycles. The van der Waals surface area contributed by atoms with Crippen LogP contribution in [0.1, 0.15) is 39.5 Å². The summed E-state index contributed by atoms with van der Waals surface area (Å²) in [5.74, 6) is -0.222. The molecule has 0 aromatic rings. The third kappa shape index (κ3) is 14.3. The number of esters is 1. The number of rotatable bonds is 4. The quantitative estimate of drug-likeness (QED) is 0.634. The Morgan fingerprint density at radius 1 is 1.31 bits per heavy atom. The highest BCUT2D eigenvalue weighted by molar-refractivity contribution is 5.69. The lowest BCUT2D eigenvalue weighted by atomic mass is 10.4. The molecule has 0 radical (unpaired) electrons. The van der Waals surface area contributed by atoms with E-state index in [2.05, 4.69) is 4.74 Å². The molecule has 0 aromatic carbocycles. The van der Waals surface area contributed by atoms with Gasteiger partial charge in [0.15, 0.2) is 0 Å². The van der Waals surface area contributed by atoms with Crippen molar-refractivity contribution in [1.82, 2.24) is 0 Å². The Morgan fingerprint density at radius 2 is 1.85 bits per heavy atom. The van der Waals surface area contributed by atoms with E-state index in [4.69, 9.17) is 4.74 Å². The molecule has 3 nitrogen and oxygen atoms in total. The maximum Gasteiger partial charge on any atom is 0.307 e. The van der Waals surface area contributed by atoms with Crippen LogP contribution in [0.3, 0.4) is 0 Å². The largest absolute Gasteiger partial charge is 0.469 e. The van der Waals surface area contributed by atoms with Crippen LogP contribution < -0.4 is 0 Å². The van der Waals surface area contributed by atoms with E-state index in [1.807, 2.05) is 13.8 Å². The van der Waals surface area contributed by atoms with E-state index in [-0.39, 0.29) is 12.1 Å². The number of hydrogen-bond donors (Lipinski definition) is 0. The van der Waals surface area contributed by atoms with Gasteiger partial charge in [-0.3, -0.25) is 4.79 Å². The molecule has 0 unspecified atom stereocenters. The summed E-state index contributed by atoms with van der Waals surface area (Å²) in [5.41, 5.74) is 0. The van der Waals surface area contributed by atoms with Crippen molar-refractivity contribution in [3.63, 3.8) is 0 Å². The van der Waals surface area contributed by atoms with Gasteiger partial charge in [0, 0.05) is 0 Å². The van der Waals surface area contributed by atoms with E-state index in [0.717, 1.165) is 0 Å². The van der Waals surface area contributed by atoms with Gasteiger partial charge in [-0.1, -0.05) is 19.3 Å². The van der Waals surface area contributed by atoms with E-state index < -0.39 is 0 Å². The fourth-order valence-electron chi connectivity index (χ4n) is 0.480. The van der Waals surface area contributed by atoms with Gasteiger partial charge in [0.05, 0.1) is 26.2 Å². The highest BCUT2D eigenvalue weighted by Gasteiger charge is 1.99. The molecule has 0 bridgehead atoms. The Morgan fingerprint density at radius 3 is 2.15 bits per heavy atom. The normalized spacial score (nSPS) is 13.2. The predicted octanol–water partition coefficient (Wildman–Crippen LogP) is 2.14. The zero-order valence-corrected chi connectivity index (χ0v) is 8.84. The number of ether oxygens (including phenoxy) is 2. The minimum Gasteiger partial charge on any atom is -0.469 e. The van der Waals surface area contributed by atoms with Gasteiger partial charge >= 0.3 is 5.97 Å². The molecule has 0 N–H and O–H groups in total. The van der Waals surface area contributed by atoms with Crippen LogP contribution in [0.15, 0.2) is 0 Å². The lowest BCUT2D eigenvalue weighted by Gasteiger charge is -2.05. The van der Waals surface area contributed by atoms with Crippen LogP contribution in [0.5, 0.6) is 0 Å². The highest BCUT2D eigenvalue weighted by atomic mass is 16.5. The van der Waals surface area contributed by atoms with Gasteiger partial charge in [-0.25, -0.2) is 0 Å². The highest BCUT2D eigenvalue weighted by Crippen LogP contribution is 2.14. The zero-order chi connectivity index (χ0) is 10.1. The second kappa shape index (κ2) is 8.05. The molecule has 1 aliphatic carbocycles. The van der Waals surface area contributed by atoms with Crippen molar-refractivity contribution < 1.29 is 14.3 Å². The summed E-state index contributed by atoms with van der Waals surface area (Å²) in [4.78, 5) is 10.5. The zero-order valence-electron chi connectivity index (χ0n) is 8.84. The molecule has 1 rings (SSSR count). The van der Waals surface area contributed by atoms with Gasteiger partial charge in [-0.2, -0.15) is 0 Å². The Kier molecular flexibility index (Phi) is 7.69. The molecule has 13 heavy (non-hydrogen) atoms. The fourth-order valence-corrected chi connectivity index (χ4v) is 0.480. The minimum absolute atomic E-state index is 0.185. The summed E-state index contributed by atoms with van der Waals surface area (Å²) in [7, 11) is 1.37. The first-order valence-corrected chi connectivity index (χ1v) is 4.85. The van der Waals surface area contributed by atoms with E-state index >= 15 is 0 Å². The molecule has 0 spiro atoms. The first-order valence-electron chi connectivity index (χ1n) is 4.85. The summed E-state index contributed by atoms with van der Waals surface area (Å²) in [6.07, 6.45) is 5.03. The number of carbonyl (C=O) groups is 1. The number of methoxy groups -OCH3 is 1. The van der Waals surface area contributed by atoms with Gasteiger partial charge in [0.1, 0.15) is 0 Å². The van der Waals surface area contributed by atoms with E-state index in [9.17, 15) is 4.79 Å². The molecule has 78 valence electrons. The molecule has 0 heterocycles. The van der Waals surface area contributed by atoms with Crippen molar-refractivity contribution in [3.8, 4) is 0 Å². The van der Waals surface area contributed by atoms with E-state index in [1.165, 1.54) is 26.4 Å². The van der Waals surface area contributed by atoms with Crippen molar-refractivity contribution in [3.05, 3.63) is 0 Å². The third-order valence-corrected chi connectivity index (χ3v) is 1.34. The summed E-state index contributed by atoms with van der Waals surface area (Å²) >= 11 is 0. The third-order valence-electron chi connectivity index (χ3n) is 1.34. The number of carbonyl (C=O) groups excluding carboxylic acids is 1. The van der Waals surface area contributed by atoms with E-state index in [0.29, 0.717) is 13.0 Å². The van der Waals surface area contributed by atoms with Crippen LogP contribution in [0, 0.1) is 0 Å². The SMILES string of the molecule is C1CC1.COC(=O)CCOC(C)C. The molecule has 0 aliphatic heterocycles. The van der Waals surface area contributed by atoms with Gasteiger partial charge < -0.3 is 9.47 Å².